The summed E-state index contributed by atoms with van der Waals surface area (Å²) in [6.07, 6.45) is 10.5. The smallest absolute Gasteiger partial charge is 0.137 e. The second-order valence-corrected chi connectivity index (χ2v) is 6.41. The molecular formula is C18H15N5O. The minimum atomic E-state index is -0.0743. The molecule has 0 radical (unpaired) electrons. The van der Waals surface area contributed by atoms with Gasteiger partial charge in [0.25, 0.3) is 0 Å². The number of H-pyrrole nitrogens is 1. The highest BCUT2D eigenvalue weighted by Crippen LogP contribution is 2.42. The molecule has 2 aliphatic heterocycles. The van der Waals surface area contributed by atoms with Gasteiger partial charge >= 0.3 is 0 Å². The molecular weight excluding hydrogens is 302 g/mol. The van der Waals surface area contributed by atoms with E-state index >= 15 is 0 Å². The summed E-state index contributed by atoms with van der Waals surface area (Å²) in [7, 11) is 1.91. The number of aromatic amines is 1. The summed E-state index contributed by atoms with van der Waals surface area (Å²) in [6.45, 7) is 0. The standard InChI is InChI=1S/C18H15N5O/c1-23-9-12(7-22-23)15-8-21-18-14(15)2-11(6-20-18)13-4-16-10(5-19)3-17(13)24-16/h2,4,6-10,16-17H,3H2,1H3,(H,20,21)/t10?,16-,17?/m1/s1. The van der Waals surface area contributed by atoms with Crippen LogP contribution in [0.2, 0.25) is 0 Å². The normalized spacial score (nSPS) is 25.2. The maximum absolute atomic E-state index is 9.14. The lowest BCUT2D eigenvalue weighted by Crippen LogP contribution is -2.12. The van der Waals surface area contributed by atoms with Crippen molar-refractivity contribution in [2.75, 3.05) is 0 Å². The van der Waals surface area contributed by atoms with E-state index in [9.17, 15) is 0 Å². The van der Waals surface area contributed by atoms with Crippen LogP contribution < -0.4 is 0 Å². The van der Waals surface area contributed by atoms with Gasteiger partial charge in [0.1, 0.15) is 5.65 Å². The van der Waals surface area contributed by atoms with Crippen LogP contribution >= 0.6 is 0 Å². The van der Waals surface area contributed by atoms with Crippen LogP contribution in [0.15, 0.2) is 36.9 Å². The fourth-order valence-corrected chi connectivity index (χ4v) is 3.71. The Labute approximate surface area is 138 Å². The van der Waals surface area contributed by atoms with Crippen LogP contribution in [-0.4, -0.2) is 32.0 Å². The van der Waals surface area contributed by atoms with Crippen LogP contribution in [0.5, 0.6) is 0 Å². The van der Waals surface area contributed by atoms with Crippen LogP contribution in [0.3, 0.4) is 0 Å². The van der Waals surface area contributed by atoms with Gasteiger partial charge in [-0.1, -0.05) is 0 Å². The first kappa shape index (κ1) is 13.5. The van der Waals surface area contributed by atoms with Crippen LogP contribution in [0, 0.1) is 17.2 Å². The minimum absolute atomic E-state index is 0.0136. The predicted molar refractivity (Wildman–Crippen MR) is 88.7 cm³/mol. The Balaban J connectivity index is 1.60. The lowest BCUT2D eigenvalue weighted by molar-refractivity contribution is 0.117. The summed E-state index contributed by atoms with van der Waals surface area (Å²) in [5.74, 6) is -0.0198. The van der Waals surface area contributed by atoms with E-state index < -0.39 is 0 Å². The van der Waals surface area contributed by atoms with Crippen molar-refractivity contribution in [1.82, 2.24) is 19.7 Å². The number of nitrogens with one attached hydrogen (secondary N) is 1. The van der Waals surface area contributed by atoms with Gasteiger partial charge in [-0.2, -0.15) is 10.4 Å². The molecule has 6 heteroatoms. The third-order valence-corrected chi connectivity index (χ3v) is 4.92. The van der Waals surface area contributed by atoms with Crippen LogP contribution in [0.25, 0.3) is 27.7 Å². The van der Waals surface area contributed by atoms with Crippen molar-refractivity contribution in [2.45, 2.75) is 18.6 Å². The molecule has 0 spiro atoms. The zero-order valence-electron chi connectivity index (χ0n) is 13.1. The Morgan fingerprint density at radius 3 is 3.00 bits per heavy atom. The van der Waals surface area contributed by atoms with Gasteiger partial charge in [-0.05, 0) is 29.7 Å². The summed E-state index contributed by atoms with van der Waals surface area (Å²) in [4.78, 5) is 7.78. The first-order chi connectivity index (χ1) is 11.7. The van der Waals surface area contributed by atoms with Crippen molar-refractivity contribution >= 4 is 16.6 Å². The molecule has 1 N–H and O–H groups in total. The first-order valence-electron chi connectivity index (χ1n) is 7.96. The molecule has 5 rings (SSSR count). The molecule has 6 nitrogen and oxygen atoms in total. The fraction of sp³-hybridized carbons (Fsp3) is 0.278. The number of nitriles is 1. The predicted octanol–water partition coefficient (Wildman–Crippen LogP) is 2.66. The summed E-state index contributed by atoms with van der Waals surface area (Å²) >= 11 is 0. The van der Waals surface area contributed by atoms with Gasteiger partial charge in [0.05, 0.1) is 30.4 Å². The molecule has 0 amide bonds. The van der Waals surface area contributed by atoms with Gasteiger partial charge in [0.2, 0.25) is 0 Å². The van der Waals surface area contributed by atoms with Crippen molar-refractivity contribution in [3.8, 4) is 17.2 Å². The lowest BCUT2D eigenvalue weighted by atomic mass is 9.87. The number of aryl methyl sites for hydroxylation is 1. The zero-order valence-corrected chi connectivity index (χ0v) is 13.1. The molecule has 0 aliphatic carbocycles. The molecule has 0 aromatic carbocycles. The second kappa shape index (κ2) is 4.79. The van der Waals surface area contributed by atoms with Crippen LogP contribution in [-0.2, 0) is 11.8 Å². The minimum Gasteiger partial charge on any atom is -0.365 e. The van der Waals surface area contributed by atoms with Crippen molar-refractivity contribution < 1.29 is 4.74 Å². The van der Waals surface area contributed by atoms with Gasteiger partial charge in [-0.15, -0.1) is 0 Å². The third-order valence-electron chi connectivity index (χ3n) is 4.92. The average molecular weight is 317 g/mol. The van der Waals surface area contributed by atoms with Gasteiger partial charge in [0, 0.05) is 42.2 Å². The van der Waals surface area contributed by atoms with Crippen molar-refractivity contribution in [3.05, 3.63) is 42.5 Å². The molecule has 24 heavy (non-hydrogen) atoms. The number of hydrogen-bond acceptors (Lipinski definition) is 4. The largest absolute Gasteiger partial charge is 0.365 e. The summed E-state index contributed by atoms with van der Waals surface area (Å²) in [5, 5.41) is 14.5. The van der Waals surface area contributed by atoms with Crippen molar-refractivity contribution in [3.63, 3.8) is 0 Å². The Morgan fingerprint density at radius 2 is 2.29 bits per heavy atom. The number of fused-ring (bicyclic) bond motifs is 3. The molecule has 2 unspecified atom stereocenters. The number of rotatable bonds is 2. The fourth-order valence-electron chi connectivity index (χ4n) is 3.71. The third kappa shape index (κ3) is 1.85. The molecule has 1 saturated heterocycles. The van der Waals surface area contributed by atoms with Crippen molar-refractivity contribution in [2.24, 2.45) is 13.0 Å². The average Bonchev–Trinajstić information content (AvgIpc) is 3.35. The number of pyridine rings is 1. The van der Waals surface area contributed by atoms with Gasteiger partial charge in [-0.3, -0.25) is 4.68 Å². The maximum Gasteiger partial charge on any atom is 0.137 e. The Kier molecular flexibility index (Phi) is 2.70. The number of nitrogens with zero attached hydrogens (tertiary/aromatic N) is 4. The second-order valence-electron chi connectivity index (χ2n) is 6.41. The Hall–Kier alpha value is -2.91. The summed E-state index contributed by atoms with van der Waals surface area (Å²) in [5.41, 5.74) is 5.23. The van der Waals surface area contributed by atoms with Crippen LogP contribution in [0.1, 0.15) is 12.0 Å². The molecule has 1 fully saturated rings. The molecule has 5 heterocycles. The van der Waals surface area contributed by atoms with Crippen molar-refractivity contribution in [1.29, 1.82) is 5.26 Å². The first-order valence-corrected chi connectivity index (χ1v) is 7.96. The molecule has 2 bridgehead atoms. The van der Waals surface area contributed by atoms with E-state index in [1.165, 1.54) is 0 Å². The summed E-state index contributed by atoms with van der Waals surface area (Å²) in [6, 6.07) is 4.48. The maximum atomic E-state index is 9.14. The Bertz CT molecular complexity index is 1020. The quantitative estimate of drug-likeness (QED) is 0.788. The Morgan fingerprint density at radius 1 is 1.38 bits per heavy atom. The van der Waals surface area contributed by atoms with E-state index in [1.807, 2.05) is 31.8 Å². The zero-order chi connectivity index (χ0) is 16.3. The molecule has 3 aromatic heterocycles. The molecule has 118 valence electrons. The van der Waals surface area contributed by atoms with E-state index in [2.05, 4.69) is 33.3 Å². The van der Waals surface area contributed by atoms with E-state index in [1.54, 1.807) is 4.68 Å². The van der Waals surface area contributed by atoms with E-state index in [-0.39, 0.29) is 18.1 Å². The number of ether oxygens (including phenoxy) is 1. The molecule has 3 aromatic rings. The summed E-state index contributed by atoms with van der Waals surface area (Å²) < 4.78 is 7.68. The van der Waals surface area contributed by atoms with Gasteiger partial charge in [0.15, 0.2) is 0 Å². The molecule has 2 aliphatic rings. The lowest BCUT2D eigenvalue weighted by Gasteiger charge is -2.13. The van der Waals surface area contributed by atoms with E-state index in [4.69, 9.17) is 10.00 Å². The number of hydrogen-bond donors (Lipinski definition) is 1. The van der Waals surface area contributed by atoms with Crippen LogP contribution in [0.4, 0.5) is 0 Å². The highest BCUT2D eigenvalue weighted by atomic mass is 16.5. The number of aromatic nitrogens is 4. The van der Waals surface area contributed by atoms with Gasteiger partial charge < -0.3 is 9.72 Å². The monoisotopic (exact) mass is 317 g/mol. The van der Waals surface area contributed by atoms with E-state index in [0.717, 1.165) is 39.7 Å². The van der Waals surface area contributed by atoms with Gasteiger partial charge in [-0.25, -0.2) is 4.98 Å². The highest BCUT2D eigenvalue weighted by molar-refractivity contribution is 5.95. The SMILES string of the molecule is Cn1cc(-c2c[nH]c3ncc(C4=C[C@H]5OC4CC5C#N)cc23)cn1. The molecule has 3 atom stereocenters. The topological polar surface area (TPSA) is 79.5 Å². The highest BCUT2D eigenvalue weighted by Gasteiger charge is 2.42. The van der Waals surface area contributed by atoms with E-state index in [0.29, 0.717) is 0 Å². The molecule has 0 saturated carbocycles.